The van der Waals surface area contributed by atoms with Crippen LogP contribution in [0.4, 0.5) is 5.69 Å². The van der Waals surface area contributed by atoms with Crippen molar-refractivity contribution in [3.8, 4) is 0 Å². The molecule has 0 saturated heterocycles. The maximum Gasteiger partial charge on any atom is 0.0996 e. The average molecular weight is 300 g/mol. The Labute approximate surface area is 122 Å². The van der Waals surface area contributed by atoms with Crippen LogP contribution in [0.1, 0.15) is 29.7 Å². The molecule has 1 heterocycles. The van der Waals surface area contributed by atoms with E-state index in [1.165, 1.54) is 22.5 Å². The molecule has 0 amide bonds. The summed E-state index contributed by atoms with van der Waals surface area (Å²) in [6, 6.07) is 8.43. The molecule has 0 bridgehead atoms. The third-order valence-electron chi connectivity index (χ3n) is 2.90. The Bertz CT molecular complexity index is 563. The van der Waals surface area contributed by atoms with Crippen molar-refractivity contribution < 1.29 is 0 Å². The van der Waals surface area contributed by atoms with Crippen LogP contribution in [0, 0.1) is 13.8 Å². The number of hydrogen-bond donors (Lipinski definition) is 1. The van der Waals surface area contributed by atoms with E-state index in [1.807, 2.05) is 6.07 Å². The molecule has 1 atom stereocenters. The van der Waals surface area contributed by atoms with Gasteiger partial charge in [-0.3, -0.25) is 0 Å². The van der Waals surface area contributed by atoms with Gasteiger partial charge in [0.2, 0.25) is 0 Å². The van der Waals surface area contributed by atoms with Gasteiger partial charge < -0.3 is 5.32 Å². The molecule has 1 aromatic heterocycles. The van der Waals surface area contributed by atoms with Crippen LogP contribution in [-0.2, 0) is 0 Å². The van der Waals surface area contributed by atoms with Gasteiger partial charge in [0.05, 0.1) is 14.7 Å². The Balaban J connectivity index is 2.21. The summed E-state index contributed by atoms with van der Waals surface area (Å²) in [6.07, 6.45) is 0. The normalized spacial score (nSPS) is 12.5. The summed E-state index contributed by atoms with van der Waals surface area (Å²) in [4.78, 5) is 0. The lowest BCUT2D eigenvalue weighted by Crippen LogP contribution is -2.07. The van der Waals surface area contributed by atoms with E-state index in [9.17, 15) is 0 Å². The summed E-state index contributed by atoms with van der Waals surface area (Å²) in [7, 11) is 0. The minimum absolute atomic E-state index is 0.141. The van der Waals surface area contributed by atoms with E-state index in [1.54, 1.807) is 0 Å². The second-order valence-corrected chi connectivity index (χ2v) is 6.75. The predicted octanol–water partition coefficient (Wildman–Crippen LogP) is 5.84. The second kappa shape index (κ2) is 5.52. The molecule has 1 aromatic carbocycles. The molecule has 1 unspecified atom stereocenters. The molecule has 0 radical (unpaired) electrons. The molecule has 0 aliphatic heterocycles. The zero-order chi connectivity index (χ0) is 13.3. The maximum absolute atomic E-state index is 6.17. The van der Waals surface area contributed by atoms with E-state index in [0.29, 0.717) is 0 Å². The lowest BCUT2D eigenvalue weighted by Gasteiger charge is -2.17. The van der Waals surface area contributed by atoms with Crippen LogP contribution >= 0.6 is 34.5 Å². The Morgan fingerprint density at radius 2 is 1.89 bits per heavy atom. The average Bonchev–Trinajstić information content (AvgIpc) is 2.62. The zero-order valence-electron chi connectivity index (χ0n) is 10.6. The number of hydrogen-bond acceptors (Lipinski definition) is 2. The van der Waals surface area contributed by atoms with Gasteiger partial charge in [0.25, 0.3) is 0 Å². The first-order valence-corrected chi connectivity index (χ1v) is 7.33. The summed E-state index contributed by atoms with van der Waals surface area (Å²) in [5.41, 5.74) is 4.68. The quantitative estimate of drug-likeness (QED) is 0.750. The first-order valence-electron chi connectivity index (χ1n) is 5.76. The van der Waals surface area contributed by atoms with Crippen LogP contribution < -0.4 is 5.32 Å². The van der Waals surface area contributed by atoms with E-state index in [0.717, 1.165) is 19.9 Å². The topological polar surface area (TPSA) is 12.0 Å². The van der Waals surface area contributed by atoms with Gasteiger partial charge in [-0.05, 0) is 38.5 Å². The molecule has 0 aliphatic carbocycles. The smallest absolute Gasteiger partial charge is 0.0996 e. The first kappa shape index (κ1) is 13.7. The molecule has 0 aliphatic rings. The van der Waals surface area contributed by atoms with Crippen LogP contribution in [0.15, 0.2) is 24.3 Å². The highest BCUT2D eigenvalue weighted by molar-refractivity contribution is 7.20. The van der Waals surface area contributed by atoms with E-state index in [2.05, 4.69) is 44.3 Å². The van der Waals surface area contributed by atoms with Gasteiger partial charge in [-0.25, -0.2) is 0 Å². The number of rotatable bonds is 3. The molecule has 0 saturated carbocycles. The number of thiophene rings is 1. The lowest BCUT2D eigenvalue weighted by atomic mass is 10.1. The Morgan fingerprint density at radius 1 is 1.17 bits per heavy atom. The molecule has 1 N–H and O–H groups in total. The van der Waals surface area contributed by atoms with Gasteiger partial charge in [-0.15, -0.1) is 11.3 Å². The van der Waals surface area contributed by atoms with Gasteiger partial charge in [-0.2, -0.15) is 0 Å². The van der Waals surface area contributed by atoms with Crippen LogP contribution in [0.25, 0.3) is 0 Å². The van der Waals surface area contributed by atoms with Crippen molar-refractivity contribution in [1.82, 2.24) is 0 Å². The predicted molar refractivity (Wildman–Crippen MR) is 82.3 cm³/mol. The van der Waals surface area contributed by atoms with Gasteiger partial charge in [-0.1, -0.05) is 40.9 Å². The third-order valence-corrected chi connectivity index (χ3v) is 4.42. The fourth-order valence-electron chi connectivity index (χ4n) is 1.93. The van der Waals surface area contributed by atoms with Crippen molar-refractivity contribution in [1.29, 1.82) is 0 Å². The van der Waals surface area contributed by atoms with Gasteiger partial charge in [0.15, 0.2) is 0 Å². The van der Waals surface area contributed by atoms with Crippen molar-refractivity contribution in [2.24, 2.45) is 0 Å². The SMILES string of the molecule is Cc1ccc(NC(C)c2cc(Cl)sc2Cl)c(C)c1. The van der Waals surface area contributed by atoms with Crippen LogP contribution in [-0.4, -0.2) is 0 Å². The van der Waals surface area contributed by atoms with E-state index in [-0.39, 0.29) is 6.04 Å². The molecule has 18 heavy (non-hydrogen) atoms. The molecule has 1 nitrogen and oxygen atoms in total. The number of aryl methyl sites for hydroxylation is 2. The van der Waals surface area contributed by atoms with E-state index < -0.39 is 0 Å². The Morgan fingerprint density at radius 3 is 2.44 bits per heavy atom. The second-order valence-electron chi connectivity index (χ2n) is 4.46. The lowest BCUT2D eigenvalue weighted by molar-refractivity contribution is 0.888. The first-order chi connectivity index (χ1) is 8.47. The standard InChI is InChI=1S/C14H15Cl2NS/c1-8-4-5-12(9(2)6-8)17-10(3)11-7-13(15)18-14(11)16/h4-7,10,17H,1-3H3. The van der Waals surface area contributed by atoms with Crippen molar-refractivity contribution in [3.05, 3.63) is 49.6 Å². The van der Waals surface area contributed by atoms with E-state index >= 15 is 0 Å². The van der Waals surface area contributed by atoms with Crippen LogP contribution in [0.5, 0.6) is 0 Å². The summed E-state index contributed by atoms with van der Waals surface area (Å²) in [5.74, 6) is 0. The molecule has 2 rings (SSSR count). The van der Waals surface area contributed by atoms with Crippen molar-refractivity contribution in [2.75, 3.05) is 5.32 Å². The van der Waals surface area contributed by atoms with E-state index in [4.69, 9.17) is 23.2 Å². The monoisotopic (exact) mass is 299 g/mol. The highest BCUT2D eigenvalue weighted by Gasteiger charge is 2.13. The highest BCUT2D eigenvalue weighted by atomic mass is 35.5. The zero-order valence-corrected chi connectivity index (χ0v) is 12.9. The summed E-state index contributed by atoms with van der Waals surface area (Å²) < 4.78 is 1.48. The summed E-state index contributed by atoms with van der Waals surface area (Å²) >= 11 is 13.5. The number of halogens is 2. The molecule has 4 heteroatoms. The number of anilines is 1. The molecule has 0 spiro atoms. The molecule has 96 valence electrons. The van der Waals surface area contributed by atoms with Crippen molar-refractivity contribution >= 4 is 40.2 Å². The minimum atomic E-state index is 0.141. The van der Waals surface area contributed by atoms with Gasteiger partial charge >= 0.3 is 0 Å². The van der Waals surface area contributed by atoms with Crippen molar-refractivity contribution in [3.63, 3.8) is 0 Å². The Kier molecular flexibility index (Phi) is 4.21. The van der Waals surface area contributed by atoms with Crippen molar-refractivity contribution in [2.45, 2.75) is 26.8 Å². The fourth-order valence-corrected chi connectivity index (χ4v) is 3.58. The maximum atomic E-state index is 6.17. The summed E-state index contributed by atoms with van der Waals surface area (Å²) in [6.45, 7) is 6.28. The minimum Gasteiger partial charge on any atom is -0.378 e. The van der Waals surface area contributed by atoms with Gasteiger partial charge in [0, 0.05) is 11.3 Å². The molecular weight excluding hydrogens is 285 g/mol. The fraction of sp³-hybridized carbons (Fsp3) is 0.286. The van der Waals surface area contributed by atoms with Crippen LogP contribution in [0.3, 0.4) is 0 Å². The van der Waals surface area contributed by atoms with Crippen LogP contribution in [0.2, 0.25) is 8.67 Å². The van der Waals surface area contributed by atoms with Gasteiger partial charge in [0.1, 0.15) is 0 Å². The summed E-state index contributed by atoms with van der Waals surface area (Å²) in [5, 5.41) is 3.47. The third kappa shape index (κ3) is 3.00. The molecular formula is C14H15Cl2NS. The highest BCUT2D eigenvalue weighted by Crippen LogP contribution is 2.36. The number of benzene rings is 1. The Hall–Kier alpha value is -0.700. The number of nitrogens with one attached hydrogen (secondary N) is 1. The largest absolute Gasteiger partial charge is 0.378 e. The molecule has 2 aromatic rings. The molecule has 0 fully saturated rings.